The minimum Gasteiger partial charge on any atom is -0.456 e. The third kappa shape index (κ3) is 5.05. The Morgan fingerprint density at radius 3 is 2.67 bits per heavy atom. The third-order valence-corrected chi connectivity index (χ3v) is 4.44. The zero-order chi connectivity index (χ0) is 19.2. The lowest BCUT2D eigenvalue weighted by Crippen LogP contribution is -2.02. The quantitative estimate of drug-likeness (QED) is 0.470. The molecular formula is C21H20ClN3O2. The van der Waals surface area contributed by atoms with Gasteiger partial charge in [0.1, 0.15) is 11.8 Å². The van der Waals surface area contributed by atoms with Gasteiger partial charge in [0.2, 0.25) is 0 Å². The Morgan fingerprint density at radius 1 is 1.19 bits per heavy atom. The third-order valence-electron chi connectivity index (χ3n) is 4.04. The van der Waals surface area contributed by atoms with Crippen LogP contribution in [0.15, 0.2) is 54.7 Å². The maximum absolute atomic E-state index is 11.9. The number of rotatable bonds is 6. The highest BCUT2D eigenvalue weighted by Crippen LogP contribution is 2.22. The molecule has 1 aromatic carbocycles. The molecule has 3 aromatic rings. The van der Waals surface area contributed by atoms with Crippen LogP contribution in [-0.4, -0.2) is 20.7 Å². The maximum Gasteiger partial charge on any atom is 0.331 e. The molecule has 6 heteroatoms. The van der Waals surface area contributed by atoms with E-state index < -0.39 is 5.97 Å². The van der Waals surface area contributed by atoms with Crippen molar-refractivity contribution in [3.63, 3.8) is 0 Å². The van der Waals surface area contributed by atoms with E-state index in [0.717, 1.165) is 11.3 Å². The van der Waals surface area contributed by atoms with Crippen molar-refractivity contribution in [2.45, 2.75) is 27.0 Å². The van der Waals surface area contributed by atoms with E-state index in [1.807, 2.05) is 38.1 Å². The molecule has 2 heterocycles. The highest BCUT2D eigenvalue weighted by molar-refractivity contribution is 6.31. The number of halogens is 1. The summed E-state index contributed by atoms with van der Waals surface area (Å²) in [5.74, 6) is -0.456. The molecule has 0 N–H and O–H groups in total. The minimum absolute atomic E-state index is 0.128. The molecule has 0 unspecified atom stereocenters. The van der Waals surface area contributed by atoms with E-state index in [1.165, 1.54) is 11.6 Å². The van der Waals surface area contributed by atoms with Crippen LogP contribution in [0.2, 0.25) is 5.15 Å². The smallest absolute Gasteiger partial charge is 0.331 e. The first-order valence-corrected chi connectivity index (χ1v) is 8.94. The molecule has 0 atom stereocenters. The second kappa shape index (κ2) is 8.64. The lowest BCUT2D eigenvalue weighted by atomic mass is 10.1. The summed E-state index contributed by atoms with van der Waals surface area (Å²) in [6.45, 7) is 4.60. The number of benzene rings is 1. The van der Waals surface area contributed by atoms with E-state index in [2.05, 4.69) is 22.2 Å². The Kier molecular flexibility index (Phi) is 6.04. The standard InChI is InChI=1S/C21H20ClN3O2/c1-15-6-8-17(9-7-15)13-25-21(22)19(16(2)24-25)10-11-20(26)27-14-18-5-3-4-12-23-18/h3-12H,13-14H2,1-2H3/b11-10+. The predicted octanol–water partition coefficient (Wildman–Crippen LogP) is 4.35. The number of pyridine rings is 1. The van der Waals surface area contributed by atoms with Crippen molar-refractivity contribution in [3.05, 3.63) is 88.0 Å². The Bertz CT molecular complexity index is 948. The van der Waals surface area contributed by atoms with E-state index in [4.69, 9.17) is 16.3 Å². The van der Waals surface area contributed by atoms with Crippen molar-refractivity contribution in [1.29, 1.82) is 0 Å². The molecule has 0 aliphatic heterocycles. The molecular weight excluding hydrogens is 362 g/mol. The van der Waals surface area contributed by atoms with E-state index >= 15 is 0 Å². The van der Waals surface area contributed by atoms with Crippen LogP contribution >= 0.6 is 11.6 Å². The van der Waals surface area contributed by atoms with Crippen LogP contribution in [0.5, 0.6) is 0 Å². The Hall–Kier alpha value is -2.92. The SMILES string of the molecule is Cc1ccc(Cn2nc(C)c(/C=C/C(=O)OCc3ccccn3)c2Cl)cc1. The summed E-state index contributed by atoms with van der Waals surface area (Å²) in [7, 11) is 0. The number of aryl methyl sites for hydroxylation is 2. The number of hydrogen-bond acceptors (Lipinski definition) is 4. The van der Waals surface area contributed by atoms with Gasteiger partial charge in [-0.15, -0.1) is 0 Å². The van der Waals surface area contributed by atoms with E-state index in [-0.39, 0.29) is 6.61 Å². The number of ether oxygens (including phenoxy) is 1. The maximum atomic E-state index is 11.9. The highest BCUT2D eigenvalue weighted by atomic mass is 35.5. The normalized spacial score (nSPS) is 11.1. The molecule has 138 valence electrons. The van der Waals surface area contributed by atoms with Gasteiger partial charge >= 0.3 is 5.97 Å². The molecule has 27 heavy (non-hydrogen) atoms. The molecule has 0 radical (unpaired) electrons. The van der Waals surface area contributed by atoms with Crippen LogP contribution < -0.4 is 0 Å². The fraction of sp³-hybridized carbons (Fsp3) is 0.190. The molecule has 0 aliphatic carbocycles. The molecule has 5 nitrogen and oxygen atoms in total. The summed E-state index contributed by atoms with van der Waals surface area (Å²) in [5, 5.41) is 4.96. The van der Waals surface area contributed by atoms with Crippen molar-refractivity contribution >= 4 is 23.6 Å². The average Bonchev–Trinajstić information content (AvgIpc) is 2.94. The van der Waals surface area contributed by atoms with Crippen LogP contribution in [0.1, 0.15) is 28.1 Å². The summed E-state index contributed by atoms with van der Waals surface area (Å²) in [6.07, 6.45) is 4.65. The molecule has 0 aliphatic rings. The highest BCUT2D eigenvalue weighted by Gasteiger charge is 2.12. The van der Waals surface area contributed by atoms with Crippen LogP contribution in [0.25, 0.3) is 6.08 Å². The number of hydrogen-bond donors (Lipinski definition) is 0. The minimum atomic E-state index is -0.456. The van der Waals surface area contributed by atoms with Gasteiger partial charge in [-0.1, -0.05) is 47.5 Å². The largest absolute Gasteiger partial charge is 0.456 e. The van der Waals surface area contributed by atoms with Gasteiger partial charge in [0.05, 0.1) is 17.9 Å². The number of aromatic nitrogens is 3. The van der Waals surface area contributed by atoms with Crippen LogP contribution in [-0.2, 0) is 22.7 Å². The van der Waals surface area contributed by atoms with E-state index in [9.17, 15) is 4.79 Å². The zero-order valence-corrected chi connectivity index (χ0v) is 16.0. The number of nitrogens with zero attached hydrogens (tertiary/aromatic N) is 3. The Balaban J connectivity index is 1.65. The molecule has 3 rings (SSSR count). The van der Waals surface area contributed by atoms with Crippen LogP contribution in [0, 0.1) is 13.8 Å². The topological polar surface area (TPSA) is 57.0 Å². The lowest BCUT2D eigenvalue weighted by Gasteiger charge is -2.04. The second-order valence-corrected chi connectivity index (χ2v) is 6.55. The Morgan fingerprint density at radius 2 is 1.96 bits per heavy atom. The van der Waals surface area contributed by atoms with Gasteiger partial charge in [-0.25, -0.2) is 9.48 Å². The van der Waals surface area contributed by atoms with Crippen LogP contribution in [0.4, 0.5) is 0 Å². The van der Waals surface area contributed by atoms with E-state index in [0.29, 0.717) is 23.0 Å². The van der Waals surface area contributed by atoms with Crippen molar-refractivity contribution in [3.8, 4) is 0 Å². The molecule has 0 bridgehead atoms. The van der Waals surface area contributed by atoms with E-state index in [1.54, 1.807) is 23.0 Å². The summed E-state index contributed by atoms with van der Waals surface area (Å²) in [4.78, 5) is 16.0. The number of carbonyl (C=O) groups excluding carboxylic acids is 1. The summed E-state index contributed by atoms with van der Waals surface area (Å²) in [5.41, 5.74) is 4.46. The molecule has 0 saturated heterocycles. The summed E-state index contributed by atoms with van der Waals surface area (Å²) >= 11 is 6.45. The monoisotopic (exact) mass is 381 g/mol. The Labute approximate surface area is 163 Å². The zero-order valence-electron chi connectivity index (χ0n) is 15.2. The first kappa shape index (κ1) is 18.9. The average molecular weight is 382 g/mol. The molecule has 0 spiro atoms. The fourth-order valence-corrected chi connectivity index (χ4v) is 2.85. The number of esters is 1. The van der Waals surface area contributed by atoms with Crippen molar-refractivity contribution in [2.24, 2.45) is 0 Å². The van der Waals surface area contributed by atoms with Gasteiger partial charge in [-0.05, 0) is 37.6 Å². The van der Waals surface area contributed by atoms with Gasteiger partial charge < -0.3 is 4.74 Å². The molecule has 0 fully saturated rings. The summed E-state index contributed by atoms with van der Waals surface area (Å²) in [6, 6.07) is 13.7. The van der Waals surface area contributed by atoms with Crippen molar-refractivity contribution < 1.29 is 9.53 Å². The van der Waals surface area contributed by atoms with Crippen molar-refractivity contribution in [1.82, 2.24) is 14.8 Å². The van der Waals surface area contributed by atoms with Gasteiger partial charge in [-0.3, -0.25) is 4.98 Å². The second-order valence-electron chi connectivity index (χ2n) is 6.20. The van der Waals surface area contributed by atoms with Gasteiger partial charge in [0.15, 0.2) is 0 Å². The summed E-state index contributed by atoms with van der Waals surface area (Å²) < 4.78 is 6.91. The molecule has 2 aromatic heterocycles. The first-order chi connectivity index (χ1) is 13.0. The van der Waals surface area contributed by atoms with Gasteiger partial charge in [0.25, 0.3) is 0 Å². The van der Waals surface area contributed by atoms with Gasteiger partial charge in [-0.2, -0.15) is 5.10 Å². The van der Waals surface area contributed by atoms with Gasteiger partial charge in [0, 0.05) is 17.8 Å². The van der Waals surface area contributed by atoms with Crippen LogP contribution in [0.3, 0.4) is 0 Å². The fourth-order valence-electron chi connectivity index (χ4n) is 2.56. The predicted molar refractivity (Wildman–Crippen MR) is 105 cm³/mol. The number of carbonyl (C=O) groups is 1. The van der Waals surface area contributed by atoms with Crippen molar-refractivity contribution in [2.75, 3.05) is 0 Å². The first-order valence-electron chi connectivity index (χ1n) is 8.56. The molecule has 0 amide bonds. The lowest BCUT2D eigenvalue weighted by molar-refractivity contribution is -0.139. The molecule has 0 saturated carbocycles.